The molecule has 1 atom stereocenters. The molecular formula is C12H23N3O2. The highest BCUT2D eigenvalue weighted by molar-refractivity contribution is 5.79. The second-order valence-corrected chi connectivity index (χ2v) is 4.80. The van der Waals surface area contributed by atoms with Gasteiger partial charge in [-0.25, -0.2) is 0 Å². The number of nitrogens with two attached hydrogens (primary N) is 2. The molecule has 0 aromatic rings. The standard InChI is InChI=1S/C12H23N3O2/c1-2-8(7-13)12(17)15-10-5-3-9(4-6-10)11(14)16/h8-10H,2-7,13H2,1H3,(H2,14,16)(H,15,17). The Morgan fingerprint density at radius 1 is 1.29 bits per heavy atom. The monoisotopic (exact) mass is 241 g/mol. The summed E-state index contributed by atoms with van der Waals surface area (Å²) in [6, 6.07) is 0.179. The summed E-state index contributed by atoms with van der Waals surface area (Å²) in [6.45, 7) is 2.35. The lowest BCUT2D eigenvalue weighted by atomic mass is 9.85. The summed E-state index contributed by atoms with van der Waals surface area (Å²) >= 11 is 0. The molecule has 0 aromatic heterocycles. The summed E-state index contributed by atoms with van der Waals surface area (Å²) < 4.78 is 0. The van der Waals surface area contributed by atoms with Crippen LogP contribution in [0.25, 0.3) is 0 Å². The molecule has 0 aromatic carbocycles. The lowest BCUT2D eigenvalue weighted by molar-refractivity contribution is -0.126. The molecule has 5 N–H and O–H groups in total. The Balaban J connectivity index is 2.35. The van der Waals surface area contributed by atoms with E-state index in [2.05, 4.69) is 5.32 Å². The van der Waals surface area contributed by atoms with Gasteiger partial charge in [0.1, 0.15) is 0 Å². The molecule has 0 aliphatic heterocycles. The van der Waals surface area contributed by atoms with E-state index in [9.17, 15) is 9.59 Å². The molecule has 1 unspecified atom stereocenters. The average Bonchev–Trinajstić information content (AvgIpc) is 2.31. The molecule has 98 valence electrons. The molecule has 0 heterocycles. The normalized spacial score (nSPS) is 26.2. The van der Waals surface area contributed by atoms with E-state index >= 15 is 0 Å². The Morgan fingerprint density at radius 2 is 1.88 bits per heavy atom. The first-order chi connectivity index (χ1) is 8.08. The van der Waals surface area contributed by atoms with Gasteiger partial charge in [0, 0.05) is 24.4 Å². The maximum absolute atomic E-state index is 11.8. The highest BCUT2D eigenvalue weighted by Crippen LogP contribution is 2.24. The van der Waals surface area contributed by atoms with Crippen molar-refractivity contribution < 1.29 is 9.59 Å². The minimum atomic E-state index is -0.219. The fraction of sp³-hybridized carbons (Fsp3) is 0.833. The van der Waals surface area contributed by atoms with Crippen LogP contribution in [0, 0.1) is 11.8 Å². The van der Waals surface area contributed by atoms with E-state index in [1.807, 2.05) is 6.92 Å². The van der Waals surface area contributed by atoms with E-state index in [1.165, 1.54) is 0 Å². The lowest BCUT2D eigenvalue weighted by Gasteiger charge is -2.28. The van der Waals surface area contributed by atoms with Crippen LogP contribution in [-0.2, 0) is 9.59 Å². The van der Waals surface area contributed by atoms with Crippen molar-refractivity contribution in [3.8, 4) is 0 Å². The first-order valence-electron chi connectivity index (χ1n) is 6.38. The Morgan fingerprint density at radius 3 is 2.29 bits per heavy atom. The molecule has 0 saturated heterocycles. The maximum atomic E-state index is 11.8. The van der Waals surface area contributed by atoms with Crippen molar-refractivity contribution >= 4 is 11.8 Å². The summed E-state index contributed by atoms with van der Waals surface area (Å²) in [5.41, 5.74) is 10.8. The van der Waals surface area contributed by atoms with E-state index in [-0.39, 0.29) is 29.7 Å². The van der Waals surface area contributed by atoms with Gasteiger partial charge in [-0.3, -0.25) is 9.59 Å². The van der Waals surface area contributed by atoms with E-state index in [0.29, 0.717) is 6.54 Å². The second-order valence-electron chi connectivity index (χ2n) is 4.80. The number of rotatable bonds is 5. The Bertz CT molecular complexity index is 269. The Hall–Kier alpha value is -1.10. The summed E-state index contributed by atoms with van der Waals surface area (Å²) in [4.78, 5) is 22.8. The number of carbonyl (C=O) groups excluding carboxylic acids is 2. The predicted molar refractivity (Wildman–Crippen MR) is 65.9 cm³/mol. The molecule has 0 bridgehead atoms. The van der Waals surface area contributed by atoms with Crippen molar-refractivity contribution in [2.45, 2.75) is 45.1 Å². The number of hydrogen-bond donors (Lipinski definition) is 3. The first kappa shape index (κ1) is 14.0. The highest BCUT2D eigenvalue weighted by Gasteiger charge is 2.26. The van der Waals surface area contributed by atoms with Crippen molar-refractivity contribution in [2.24, 2.45) is 23.3 Å². The first-order valence-corrected chi connectivity index (χ1v) is 6.38. The number of amides is 2. The predicted octanol–water partition coefficient (Wildman–Crippen LogP) is 0.132. The minimum Gasteiger partial charge on any atom is -0.369 e. The van der Waals surface area contributed by atoms with Gasteiger partial charge in [-0.15, -0.1) is 0 Å². The van der Waals surface area contributed by atoms with Crippen LogP contribution in [0.3, 0.4) is 0 Å². The van der Waals surface area contributed by atoms with Gasteiger partial charge in [-0.2, -0.15) is 0 Å². The molecule has 1 aliphatic rings. The van der Waals surface area contributed by atoms with Crippen LogP contribution in [0.5, 0.6) is 0 Å². The molecule has 0 radical (unpaired) electrons. The maximum Gasteiger partial charge on any atom is 0.224 e. The zero-order valence-corrected chi connectivity index (χ0v) is 10.4. The third-order valence-corrected chi connectivity index (χ3v) is 3.62. The van der Waals surface area contributed by atoms with Gasteiger partial charge in [-0.1, -0.05) is 6.92 Å². The van der Waals surface area contributed by atoms with Crippen molar-refractivity contribution in [1.29, 1.82) is 0 Å². The smallest absolute Gasteiger partial charge is 0.224 e. The van der Waals surface area contributed by atoms with E-state index in [4.69, 9.17) is 11.5 Å². The fourth-order valence-corrected chi connectivity index (χ4v) is 2.30. The molecule has 1 fully saturated rings. The van der Waals surface area contributed by atoms with Gasteiger partial charge in [0.25, 0.3) is 0 Å². The van der Waals surface area contributed by atoms with Crippen molar-refractivity contribution in [3.63, 3.8) is 0 Å². The molecule has 1 rings (SSSR count). The van der Waals surface area contributed by atoms with E-state index in [1.54, 1.807) is 0 Å². The van der Waals surface area contributed by atoms with Crippen LogP contribution in [-0.4, -0.2) is 24.4 Å². The van der Waals surface area contributed by atoms with Crippen LogP contribution in [0.2, 0.25) is 0 Å². The molecular weight excluding hydrogens is 218 g/mol. The number of carbonyl (C=O) groups is 2. The number of primary amides is 1. The van der Waals surface area contributed by atoms with Gasteiger partial charge in [0.15, 0.2) is 0 Å². The van der Waals surface area contributed by atoms with Crippen LogP contribution >= 0.6 is 0 Å². The lowest BCUT2D eigenvalue weighted by Crippen LogP contribution is -2.43. The summed E-state index contributed by atoms with van der Waals surface area (Å²) in [7, 11) is 0. The van der Waals surface area contributed by atoms with Crippen molar-refractivity contribution in [3.05, 3.63) is 0 Å². The van der Waals surface area contributed by atoms with Crippen LogP contribution in [0.15, 0.2) is 0 Å². The summed E-state index contributed by atoms with van der Waals surface area (Å²) in [6.07, 6.45) is 3.99. The minimum absolute atomic E-state index is 0.0142. The highest BCUT2D eigenvalue weighted by atomic mass is 16.2. The third kappa shape index (κ3) is 4.00. The Labute approximate surface area is 102 Å². The van der Waals surface area contributed by atoms with Gasteiger partial charge in [0.05, 0.1) is 0 Å². The zero-order valence-electron chi connectivity index (χ0n) is 10.4. The largest absolute Gasteiger partial charge is 0.369 e. The van der Waals surface area contributed by atoms with Gasteiger partial charge in [0.2, 0.25) is 11.8 Å². The summed E-state index contributed by atoms with van der Waals surface area (Å²) in [5.74, 6) is -0.288. The molecule has 5 heteroatoms. The quantitative estimate of drug-likeness (QED) is 0.638. The van der Waals surface area contributed by atoms with Gasteiger partial charge >= 0.3 is 0 Å². The molecule has 1 aliphatic carbocycles. The van der Waals surface area contributed by atoms with Crippen molar-refractivity contribution in [1.82, 2.24) is 5.32 Å². The second kappa shape index (κ2) is 6.59. The molecule has 2 amide bonds. The van der Waals surface area contributed by atoms with Crippen LogP contribution in [0.4, 0.5) is 0 Å². The van der Waals surface area contributed by atoms with Gasteiger partial charge in [-0.05, 0) is 32.1 Å². The van der Waals surface area contributed by atoms with E-state index in [0.717, 1.165) is 32.1 Å². The van der Waals surface area contributed by atoms with Crippen LogP contribution in [0.1, 0.15) is 39.0 Å². The average molecular weight is 241 g/mol. The molecule has 0 spiro atoms. The molecule has 17 heavy (non-hydrogen) atoms. The molecule has 5 nitrogen and oxygen atoms in total. The SMILES string of the molecule is CCC(CN)C(=O)NC1CCC(C(N)=O)CC1. The van der Waals surface area contributed by atoms with Crippen molar-refractivity contribution in [2.75, 3.05) is 6.54 Å². The number of hydrogen-bond acceptors (Lipinski definition) is 3. The summed E-state index contributed by atoms with van der Waals surface area (Å²) in [5, 5.41) is 3.01. The topological polar surface area (TPSA) is 98.2 Å². The van der Waals surface area contributed by atoms with E-state index < -0.39 is 0 Å². The number of nitrogens with one attached hydrogen (secondary N) is 1. The zero-order chi connectivity index (χ0) is 12.8. The Kier molecular flexibility index (Phi) is 5.41. The molecule has 1 saturated carbocycles. The van der Waals surface area contributed by atoms with Gasteiger partial charge < -0.3 is 16.8 Å². The fourth-order valence-electron chi connectivity index (χ4n) is 2.30. The van der Waals surface area contributed by atoms with Crippen LogP contribution < -0.4 is 16.8 Å². The third-order valence-electron chi connectivity index (χ3n) is 3.62.